The van der Waals surface area contributed by atoms with Crippen LogP contribution in [-0.4, -0.2) is 66.3 Å². The zero-order valence-electron chi connectivity index (χ0n) is 23.4. The van der Waals surface area contributed by atoms with Gasteiger partial charge in [-0.05, 0) is 81.5 Å². The van der Waals surface area contributed by atoms with Gasteiger partial charge in [0.25, 0.3) is 0 Å². The Labute approximate surface area is 228 Å². The first-order chi connectivity index (χ1) is 18.6. The van der Waals surface area contributed by atoms with Crippen LogP contribution in [0.4, 0.5) is 0 Å². The highest BCUT2D eigenvalue weighted by atomic mass is 16.5. The highest BCUT2D eigenvalue weighted by Crippen LogP contribution is 2.40. The van der Waals surface area contributed by atoms with Gasteiger partial charge in [-0.3, -0.25) is 10.3 Å². The maximum Gasteiger partial charge on any atom is 0.127 e. The minimum atomic E-state index is 0.106. The topological polar surface area (TPSA) is 69.0 Å². The van der Waals surface area contributed by atoms with Crippen LogP contribution in [0.15, 0.2) is 65.9 Å². The maximum atomic E-state index is 6.58. The molecule has 1 aliphatic carbocycles. The molecule has 38 heavy (non-hydrogen) atoms. The van der Waals surface area contributed by atoms with E-state index in [2.05, 4.69) is 63.9 Å². The molecule has 206 valence electrons. The summed E-state index contributed by atoms with van der Waals surface area (Å²) in [5.41, 5.74) is 17.4. The first-order valence-electron chi connectivity index (χ1n) is 14.6. The van der Waals surface area contributed by atoms with Crippen LogP contribution < -0.4 is 21.3 Å². The molecule has 2 unspecified atom stereocenters. The summed E-state index contributed by atoms with van der Waals surface area (Å²) in [4.78, 5) is 2.72. The summed E-state index contributed by atoms with van der Waals surface area (Å²) in [5.74, 6) is 1.70. The Bertz CT molecular complexity index is 1040. The van der Waals surface area contributed by atoms with Crippen molar-refractivity contribution in [3.63, 3.8) is 0 Å². The fourth-order valence-corrected chi connectivity index (χ4v) is 6.69. The van der Waals surface area contributed by atoms with Crippen molar-refractivity contribution in [2.24, 2.45) is 5.73 Å². The second-order valence-electron chi connectivity index (χ2n) is 11.1. The minimum absolute atomic E-state index is 0.106. The van der Waals surface area contributed by atoms with Crippen LogP contribution in [-0.2, 0) is 0 Å². The molecule has 3 aliphatic rings. The van der Waals surface area contributed by atoms with E-state index in [4.69, 9.17) is 10.5 Å². The largest absolute Gasteiger partial charge is 0.457 e. The molecule has 0 bridgehead atoms. The van der Waals surface area contributed by atoms with E-state index in [1.165, 1.54) is 49.9 Å². The number of para-hydroxylation sites is 1. The molecule has 2 aromatic rings. The fourth-order valence-electron chi connectivity index (χ4n) is 6.69. The number of ether oxygens (including phenoxy) is 1. The molecule has 1 saturated carbocycles. The SMILES string of the molecule is CCCC1/C(=C(\C)N)C(c2ccc(Oc3ccccc3)cc2)NN1C1CCC(N2CCN(NC)CC2)CC1. The normalized spacial score (nSPS) is 28.9. The number of allylic oxidation sites excluding steroid dienone is 1. The summed E-state index contributed by atoms with van der Waals surface area (Å²) in [7, 11) is 2.03. The average molecular weight is 519 g/mol. The van der Waals surface area contributed by atoms with Crippen molar-refractivity contribution < 1.29 is 4.74 Å². The van der Waals surface area contributed by atoms with Gasteiger partial charge in [-0.25, -0.2) is 15.4 Å². The Morgan fingerprint density at radius 2 is 1.55 bits per heavy atom. The van der Waals surface area contributed by atoms with Crippen LogP contribution >= 0.6 is 0 Å². The number of nitrogens with one attached hydrogen (secondary N) is 2. The van der Waals surface area contributed by atoms with E-state index in [-0.39, 0.29) is 6.04 Å². The van der Waals surface area contributed by atoms with Crippen LogP contribution in [0.3, 0.4) is 0 Å². The number of hydrogen-bond donors (Lipinski definition) is 3. The van der Waals surface area contributed by atoms with Crippen LogP contribution in [0.1, 0.15) is 64.0 Å². The fraction of sp³-hybridized carbons (Fsp3) is 0.548. The molecule has 5 rings (SSSR count). The molecule has 4 N–H and O–H groups in total. The summed E-state index contributed by atoms with van der Waals surface area (Å²) in [5, 5.41) is 4.92. The Morgan fingerprint density at radius 1 is 0.921 bits per heavy atom. The summed E-state index contributed by atoms with van der Waals surface area (Å²) < 4.78 is 6.04. The molecule has 0 radical (unpaired) electrons. The van der Waals surface area contributed by atoms with Gasteiger partial charge >= 0.3 is 0 Å². The number of benzene rings is 2. The van der Waals surface area contributed by atoms with Crippen molar-refractivity contribution in [1.29, 1.82) is 0 Å². The lowest BCUT2D eigenvalue weighted by molar-refractivity contribution is 0.0272. The van der Waals surface area contributed by atoms with Gasteiger partial charge in [-0.1, -0.05) is 43.7 Å². The van der Waals surface area contributed by atoms with Gasteiger partial charge in [0.1, 0.15) is 11.5 Å². The number of nitrogens with zero attached hydrogens (tertiary/aromatic N) is 3. The molecule has 2 heterocycles. The Balaban J connectivity index is 1.27. The number of hydrazine groups is 2. The predicted octanol–water partition coefficient (Wildman–Crippen LogP) is 4.80. The van der Waals surface area contributed by atoms with E-state index in [0.717, 1.165) is 49.2 Å². The van der Waals surface area contributed by atoms with Crippen LogP contribution in [0.2, 0.25) is 0 Å². The number of nitrogens with two attached hydrogens (primary N) is 1. The number of rotatable bonds is 8. The third kappa shape index (κ3) is 6.08. The molecule has 2 aromatic carbocycles. The lowest BCUT2D eigenvalue weighted by Gasteiger charge is -2.44. The minimum Gasteiger partial charge on any atom is -0.457 e. The van der Waals surface area contributed by atoms with Crippen molar-refractivity contribution in [2.75, 3.05) is 33.2 Å². The number of piperazine rings is 1. The van der Waals surface area contributed by atoms with Gasteiger partial charge in [0.05, 0.1) is 6.04 Å². The average Bonchev–Trinajstić information content (AvgIpc) is 3.34. The van der Waals surface area contributed by atoms with Crippen LogP contribution in [0.25, 0.3) is 0 Å². The monoisotopic (exact) mass is 518 g/mol. The molecule has 0 aromatic heterocycles. The summed E-state index contributed by atoms with van der Waals surface area (Å²) in [6, 6.07) is 20.2. The lowest BCUT2D eigenvalue weighted by atomic mass is 9.87. The maximum absolute atomic E-state index is 6.58. The van der Waals surface area contributed by atoms with Crippen molar-refractivity contribution in [2.45, 2.75) is 76.5 Å². The second kappa shape index (κ2) is 12.6. The quantitative estimate of drug-likeness (QED) is 0.464. The van der Waals surface area contributed by atoms with E-state index in [1.807, 2.05) is 37.4 Å². The molecular weight excluding hydrogens is 472 g/mol. The van der Waals surface area contributed by atoms with Crippen LogP contribution in [0, 0.1) is 0 Å². The van der Waals surface area contributed by atoms with Crippen molar-refractivity contribution in [1.82, 2.24) is 25.8 Å². The van der Waals surface area contributed by atoms with Gasteiger partial charge in [0.2, 0.25) is 0 Å². The molecule has 0 spiro atoms. The van der Waals surface area contributed by atoms with Crippen molar-refractivity contribution in [3.05, 3.63) is 71.4 Å². The highest BCUT2D eigenvalue weighted by Gasteiger charge is 2.42. The van der Waals surface area contributed by atoms with E-state index in [0.29, 0.717) is 12.1 Å². The summed E-state index contributed by atoms with van der Waals surface area (Å²) in [6.45, 7) is 8.92. The van der Waals surface area contributed by atoms with Crippen molar-refractivity contribution in [3.8, 4) is 11.5 Å². The molecule has 7 nitrogen and oxygen atoms in total. The molecular formula is C31H46N6O. The van der Waals surface area contributed by atoms with E-state index >= 15 is 0 Å². The van der Waals surface area contributed by atoms with Gasteiger partial charge in [0, 0.05) is 50.0 Å². The first-order valence-corrected chi connectivity index (χ1v) is 14.6. The summed E-state index contributed by atoms with van der Waals surface area (Å²) >= 11 is 0. The first kappa shape index (κ1) is 27.2. The zero-order chi connectivity index (χ0) is 26.5. The smallest absolute Gasteiger partial charge is 0.127 e. The van der Waals surface area contributed by atoms with Gasteiger partial charge in [-0.2, -0.15) is 0 Å². The third-order valence-corrected chi connectivity index (χ3v) is 8.70. The van der Waals surface area contributed by atoms with Gasteiger partial charge in [0.15, 0.2) is 0 Å². The van der Waals surface area contributed by atoms with Crippen molar-refractivity contribution >= 4 is 0 Å². The van der Waals surface area contributed by atoms with E-state index < -0.39 is 0 Å². The van der Waals surface area contributed by atoms with E-state index in [9.17, 15) is 0 Å². The summed E-state index contributed by atoms with van der Waals surface area (Å²) in [6.07, 6.45) is 7.28. The third-order valence-electron chi connectivity index (χ3n) is 8.70. The Kier molecular flexibility index (Phi) is 9.02. The molecule has 0 amide bonds. The molecule has 7 heteroatoms. The van der Waals surface area contributed by atoms with E-state index in [1.54, 1.807) is 0 Å². The molecule has 2 saturated heterocycles. The van der Waals surface area contributed by atoms with Gasteiger partial charge in [-0.15, -0.1) is 0 Å². The molecule has 2 aliphatic heterocycles. The number of hydrogen-bond acceptors (Lipinski definition) is 7. The standard InChI is InChI=1S/C31H46N6O/c1-4-8-29-30(23(2)32)31(24-11-17-28(18-12-24)38-27-9-6-5-7-10-27)34-37(29)26-15-13-25(14-16-26)35-19-21-36(33-3)22-20-35/h5-7,9-12,17-18,25-26,29,31,33-34H,4,8,13-16,19-22,32H2,1-3H3/b30-23-. The second-order valence-corrected chi connectivity index (χ2v) is 11.1. The predicted molar refractivity (Wildman–Crippen MR) is 155 cm³/mol. The molecule has 3 fully saturated rings. The Morgan fingerprint density at radius 3 is 2.16 bits per heavy atom. The zero-order valence-corrected chi connectivity index (χ0v) is 23.4. The van der Waals surface area contributed by atoms with Gasteiger partial charge < -0.3 is 10.5 Å². The Hall–Kier alpha value is -2.42. The molecule has 2 atom stereocenters. The van der Waals surface area contributed by atoms with Crippen LogP contribution in [0.5, 0.6) is 11.5 Å². The lowest BCUT2D eigenvalue weighted by Crippen LogP contribution is -2.55. The highest BCUT2D eigenvalue weighted by molar-refractivity contribution is 5.40.